The largest absolute Gasteiger partial charge is 0.481 e. The van der Waals surface area contributed by atoms with E-state index in [0.29, 0.717) is 6.42 Å². The van der Waals surface area contributed by atoms with E-state index in [4.69, 9.17) is 21.0 Å². The van der Waals surface area contributed by atoms with Crippen LogP contribution in [0.5, 0.6) is 0 Å². The minimum Gasteiger partial charge on any atom is -0.481 e. The number of carboxylic acid groups (broad SMARTS) is 1. The number of amidine groups is 1. The molecule has 0 radical (unpaired) electrons. The molecule has 0 saturated heterocycles. The second-order valence-corrected chi connectivity index (χ2v) is 3.33. The fraction of sp³-hybridized carbons (Fsp3) is 0.250. The maximum absolute atomic E-state index is 9.00. The Balaban J connectivity index is 0.000000310. The Labute approximate surface area is 80.5 Å². The van der Waals surface area contributed by atoms with Crippen molar-refractivity contribution in [3.8, 4) is 0 Å². The van der Waals surface area contributed by atoms with Gasteiger partial charge in [-0.05, 0) is 11.4 Å². The van der Waals surface area contributed by atoms with Crippen molar-refractivity contribution >= 4 is 23.1 Å². The van der Waals surface area contributed by atoms with Crippen molar-refractivity contribution in [2.45, 2.75) is 13.3 Å². The van der Waals surface area contributed by atoms with Gasteiger partial charge in [0.15, 0.2) is 0 Å². The highest BCUT2D eigenvalue weighted by Crippen LogP contribution is 2.07. The standard InChI is InChI=1S/C6H8N2S.C2H4O2/c7-6(8)4-5-2-1-3-9-5;1-2(3)4/h1-3H,4H2,(H3,7,8);1H3,(H,3,4). The Hall–Kier alpha value is -1.36. The van der Waals surface area contributed by atoms with Gasteiger partial charge in [0, 0.05) is 18.2 Å². The molecule has 1 rings (SSSR count). The van der Waals surface area contributed by atoms with Crippen molar-refractivity contribution < 1.29 is 9.90 Å². The van der Waals surface area contributed by atoms with E-state index < -0.39 is 5.97 Å². The molecule has 5 heteroatoms. The molecule has 1 heterocycles. The van der Waals surface area contributed by atoms with Crippen LogP contribution in [0.15, 0.2) is 17.5 Å². The monoisotopic (exact) mass is 200 g/mol. The lowest BCUT2D eigenvalue weighted by atomic mass is 10.3. The Morgan fingerprint density at radius 2 is 2.31 bits per heavy atom. The molecule has 0 bridgehead atoms. The predicted octanol–water partition coefficient (Wildman–Crippen LogP) is 1.32. The van der Waals surface area contributed by atoms with Gasteiger partial charge in [0.25, 0.3) is 5.97 Å². The summed E-state index contributed by atoms with van der Waals surface area (Å²) in [5.74, 6) is -0.600. The van der Waals surface area contributed by atoms with Gasteiger partial charge in [-0.25, -0.2) is 0 Å². The van der Waals surface area contributed by atoms with E-state index in [1.807, 2.05) is 17.5 Å². The highest BCUT2D eigenvalue weighted by molar-refractivity contribution is 7.10. The van der Waals surface area contributed by atoms with Gasteiger partial charge in [-0.15, -0.1) is 11.3 Å². The predicted molar refractivity (Wildman–Crippen MR) is 53.2 cm³/mol. The second kappa shape index (κ2) is 6.19. The molecule has 0 saturated carbocycles. The molecule has 0 aromatic carbocycles. The van der Waals surface area contributed by atoms with E-state index in [0.717, 1.165) is 11.8 Å². The van der Waals surface area contributed by atoms with E-state index in [2.05, 4.69) is 0 Å². The first-order valence-electron chi connectivity index (χ1n) is 3.57. The molecule has 13 heavy (non-hydrogen) atoms. The van der Waals surface area contributed by atoms with Crippen LogP contribution in [0.25, 0.3) is 0 Å². The van der Waals surface area contributed by atoms with Crippen LogP contribution >= 0.6 is 11.3 Å². The van der Waals surface area contributed by atoms with Crippen LogP contribution in [-0.2, 0) is 11.2 Å². The minimum atomic E-state index is -0.833. The lowest BCUT2D eigenvalue weighted by Gasteiger charge is -1.90. The summed E-state index contributed by atoms with van der Waals surface area (Å²) in [5, 5.41) is 16.4. The van der Waals surface area contributed by atoms with Crippen LogP contribution < -0.4 is 5.73 Å². The first-order valence-corrected chi connectivity index (χ1v) is 4.45. The third-order valence-corrected chi connectivity index (χ3v) is 1.82. The number of nitrogens with two attached hydrogens (primary N) is 1. The normalized spacial score (nSPS) is 8.38. The number of nitrogens with one attached hydrogen (secondary N) is 1. The van der Waals surface area contributed by atoms with Gasteiger partial charge in [-0.2, -0.15) is 0 Å². The molecule has 0 amide bonds. The Kier molecular flexibility index (Phi) is 5.54. The second-order valence-electron chi connectivity index (χ2n) is 2.30. The third kappa shape index (κ3) is 8.55. The maximum Gasteiger partial charge on any atom is 0.300 e. The molecule has 0 spiro atoms. The van der Waals surface area contributed by atoms with E-state index >= 15 is 0 Å². The molecule has 0 aliphatic rings. The third-order valence-electron chi connectivity index (χ3n) is 0.945. The van der Waals surface area contributed by atoms with Gasteiger partial charge in [0.2, 0.25) is 0 Å². The van der Waals surface area contributed by atoms with Crippen LogP contribution in [-0.4, -0.2) is 16.9 Å². The zero-order chi connectivity index (χ0) is 10.3. The average Bonchev–Trinajstić information content (AvgIpc) is 2.36. The van der Waals surface area contributed by atoms with E-state index in [-0.39, 0.29) is 5.84 Å². The van der Waals surface area contributed by atoms with Crippen LogP contribution in [0.1, 0.15) is 11.8 Å². The molecule has 0 fully saturated rings. The molecule has 0 aliphatic carbocycles. The van der Waals surface area contributed by atoms with Crippen molar-refractivity contribution in [2.75, 3.05) is 0 Å². The van der Waals surface area contributed by atoms with Gasteiger partial charge in [0.1, 0.15) is 0 Å². The highest BCUT2D eigenvalue weighted by Gasteiger charge is 1.93. The number of thiophene rings is 1. The van der Waals surface area contributed by atoms with E-state index in [1.54, 1.807) is 11.3 Å². The molecule has 4 N–H and O–H groups in total. The molecule has 1 aromatic rings. The van der Waals surface area contributed by atoms with Gasteiger partial charge < -0.3 is 10.8 Å². The molecule has 4 nitrogen and oxygen atoms in total. The number of hydrogen-bond acceptors (Lipinski definition) is 3. The summed E-state index contributed by atoms with van der Waals surface area (Å²) in [7, 11) is 0. The van der Waals surface area contributed by atoms with Gasteiger partial charge in [-0.3, -0.25) is 10.2 Å². The van der Waals surface area contributed by atoms with Crippen LogP contribution in [0.4, 0.5) is 0 Å². The number of carbonyl (C=O) groups is 1. The van der Waals surface area contributed by atoms with Crippen molar-refractivity contribution in [2.24, 2.45) is 5.73 Å². The molecule has 0 unspecified atom stereocenters. The molecular formula is C8H12N2O2S. The lowest BCUT2D eigenvalue weighted by Crippen LogP contribution is -2.11. The van der Waals surface area contributed by atoms with Crippen LogP contribution in [0.3, 0.4) is 0 Å². The fourth-order valence-corrected chi connectivity index (χ4v) is 1.33. The zero-order valence-corrected chi connectivity index (χ0v) is 8.10. The van der Waals surface area contributed by atoms with E-state index in [1.165, 1.54) is 0 Å². The maximum atomic E-state index is 9.00. The lowest BCUT2D eigenvalue weighted by molar-refractivity contribution is -0.134. The summed E-state index contributed by atoms with van der Waals surface area (Å²) < 4.78 is 0. The van der Waals surface area contributed by atoms with Crippen molar-refractivity contribution in [1.29, 1.82) is 5.41 Å². The fourth-order valence-electron chi connectivity index (χ4n) is 0.601. The summed E-state index contributed by atoms with van der Waals surface area (Å²) in [6.07, 6.45) is 0.595. The molecule has 0 aliphatic heterocycles. The van der Waals surface area contributed by atoms with Gasteiger partial charge in [0.05, 0.1) is 5.84 Å². The van der Waals surface area contributed by atoms with Crippen LogP contribution in [0, 0.1) is 5.41 Å². The summed E-state index contributed by atoms with van der Waals surface area (Å²) in [4.78, 5) is 10.2. The smallest absolute Gasteiger partial charge is 0.300 e. The SMILES string of the molecule is CC(=O)O.N=C(N)Cc1cccs1. The molecular weight excluding hydrogens is 188 g/mol. The number of rotatable bonds is 2. The Morgan fingerprint density at radius 1 is 1.77 bits per heavy atom. The summed E-state index contributed by atoms with van der Waals surface area (Å²) in [5.41, 5.74) is 5.17. The van der Waals surface area contributed by atoms with Crippen LogP contribution in [0.2, 0.25) is 0 Å². The molecule has 1 aromatic heterocycles. The number of hydrogen-bond donors (Lipinski definition) is 3. The molecule has 72 valence electrons. The summed E-state index contributed by atoms with van der Waals surface area (Å²) in [6, 6.07) is 3.94. The summed E-state index contributed by atoms with van der Waals surface area (Å²) >= 11 is 1.63. The number of carboxylic acids is 1. The topological polar surface area (TPSA) is 87.2 Å². The Morgan fingerprint density at radius 3 is 2.62 bits per heavy atom. The van der Waals surface area contributed by atoms with Gasteiger partial charge >= 0.3 is 0 Å². The zero-order valence-electron chi connectivity index (χ0n) is 7.28. The van der Waals surface area contributed by atoms with Gasteiger partial charge in [-0.1, -0.05) is 6.07 Å². The number of aliphatic carboxylic acids is 1. The average molecular weight is 200 g/mol. The first-order chi connectivity index (χ1) is 6.02. The quantitative estimate of drug-likeness (QED) is 0.497. The van der Waals surface area contributed by atoms with Crippen molar-refractivity contribution in [3.63, 3.8) is 0 Å². The molecule has 0 atom stereocenters. The Bertz CT molecular complexity index is 266. The first kappa shape index (κ1) is 11.6. The van der Waals surface area contributed by atoms with Crippen molar-refractivity contribution in [3.05, 3.63) is 22.4 Å². The highest BCUT2D eigenvalue weighted by atomic mass is 32.1. The van der Waals surface area contributed by atoms with Crippen molar-refractivity contribution in [1.82, 2.24) is 0 Å². The van der Waals surface area contributed by atoms with E-state index in [9.17, 15) is 0 Å². The summed E-state index contributed by atoms with van der Waals surface area (Å²) in [6.45, 7) is 1.08. The minimum absolute atomic E-state index is 0.234.